The first-order chi connectivity index (χ1) is 9.43. The number of halogens is 1. The normalized spacial score (nSPS) is 24.5. The van der Waals surface area contributed by atoms with Crippen LogP contribution in [-0.2, 0) is 0 Å². The van der Waals surface area contributed by atoms with Gasteiger partial charge in [0.05, 0.1) is 0 Å². The molecule has 0 amide bonds. The van der Waals surface area contributed by atoms with Gasteiger partial charge in [-0.1, -0.05) is 30.3 Å². The molecule has 0 aliphatic carbocycles. The maximum Gasteiger partial charge on any atom is 0.0348 e. The molecule has 1 aromatic rings. The van der Waals surface area contributed by atoms with Crippen LogP contribution in [0.1, 0.15) is 43.7 Å². The summed E-state index contributed by atoms with van der Waals surface area (Å²) in [7, 11) is 0. The van der Waals surface area contributed by atoms with Crippen molar-refractivity contribution in [1.29, 1.82) is 0 Å². The number of hydrogen-bond acceptors (Lipinski definition) is 2. The second kappa shape index (κ2) is 8.02. The number of nitrogens with zero attached hydrogens (tertiary/aromatic N) is 1. The summed E-state index contributed by atoms with van der Waals surface area (Å²) in [6.45, 7) is 5.05. The van der Waals surface area contributed by atoms with E-state index in [0.29, 0.717) is 6.04 Å². The van der Waals surface area contributed by atoms with Crippen LogP contribution in [0.4, 0.5) is 0 Å². The average Bonchev–Trinajstić information content (AvgIpc) is 2.95. The van der Waals surface area contributed by atoms with Gasteiger partial charge in [-0.2, -0.15) is 0 Å². The van der Waals surface area contributed by atoms with Crippen molar-refractivity contribution in [2.24, 2.45) is 5.92 Å². The summed E-state index contributed by atoms with van der Waals surface area (Å²) >= 11 is 0. The van der Waals surface area contributed by atoms with Crippen molar-refractivity contribution < 1.29 is 0 Å². The van der Waals surface area contributed by atoms with Crippen molar-refractivity contribution in [3.05, 3.63) is 35.9 Å². The van der Waals surface area contributed by atoms with Crippen LogP contribution in [0.3, 0.4) is 0 Å². The Morgan fingerprint density at radius 1 is 1.05 bits per heavy atom. The van der Waals surface area contributed by atoms with Crippen LogP contribution >= 0.6 is 12.4 Å². The van der Waals surface area contributed by atoms with Crippen LogP contribution in [0.5, 0.6) is 0 Å². The molecule has 1 unspecified atom stereocenters. The van der Waals surface area contributed by atoms with Crippen molar-refractivity contribution >= 4 is 12.4 Å². The molecule has 0 saturated carbocycles. The van der Waals surface area contributed by atoms with E-state index in [1.165, 1.54) is 63.8 Å². The third-order valence-electron chi connectivity index (χ3n) is 4.83. The Morgan fingerprint density at radius 3 is 2.55 bits per heavy atom. The lowest BCUT2D eigenvalue weighted by atomic mass is 9.94. The van der Waals surface area contributed by atoms with Gasteiger partial charge in [0.15, 0.2) is 0 Å². The highest BCUT2D eigenvalue weighted by atomic mass is 35.5. The maximum atomic E-state index is 3.46. The summed E-state index contributed by atoms with van der Waals surface area (Å²) in [6, 6.07) is 11.8. The Labute approximate surface area is 129 Å². The van der Waals surface area contributed by atoms with Crippen LogP contribution in [0.15, 0.2) is 30.3 Å². The summed E-state index contributed by atoms with van der Waals surface area (Å²) in [4.78, 5) is 2.72. The fourth-order valence-electron chi connectivity index (χ4n) is 3.67. The van der Waals surface area contributed by atoms with Crippen LogP contribution < -0.4 is 5.32 Å². The second-order valence-electron chi connectivity index (χ2n) is 6.09. The van der Waals surface area contributed by atoms with E-state index >= 15 is 0 Å². The fourth-order valence-corrected chi connectivity index (χ4v) is 3.67. The zero-order valence-electron chi connectivity index (χ0n) is 12.3. The molecule has 2 heterocycles. The summed E-state index contributed by atoms with van der Waals surface area (Å²) < 4.78 is 0. The highest BCUT2D eigenvalue weighted by molar-refractivity contribution is 5.85. The van der Waals surface area contributed by atoms with Crippen molar-refractivity contribution in [2.45, 2.75) is 38.1 Å². The maximum absolute atomic E-state index is 3.46. The molecule has 2 fully saturated rings. The van der Waals surface area contributed by atoms with E-state index in [4.69, 9.17) is 0 Å². The van der Waals surface area contributed by atoms with Gasteiger partial charge >= 0.3 is 0 Å². The second-order valence-corrected chi connectivity index (χ2v) is 6.09. The third kappa shape index (κ3) is 3.97. The minimum Gasteiger partial charge on any atom is -0.317 e. The number of hydrogen-bond donors (Lipinski definition) is 1. The van der Waals surface area contributed by atoms with E-state index in [1.54, 1.807) is 0 Å². The molecule has 2 nitrogen and oxygen atoms in total. The van der Waals surface area contributed by atoms with E-state index in [9.17, 15) is 0 Å². The average molecular weight is 295 g/mol. The summed E-state index contributed by atoms with van der Waals surface area (Å²) in [6.07, 6.45) is 6.86. The molecule has 3 heteroatoms. The molecule has 1 aromatic carbocycles. The van der Waals surface area contributed by atoms with Crippen molar-refractivity contribution in [1.82, 2.24) is 10.2 Å². The largest absolute Gasteiger partial charge is 0.317 e. The standard InChI is InChI=1S/C17H26N2.ClH/c1-2-5-16(6-3-1)17-7-4-13-19(17)14-10-15-8-11-18-12-9-15;/h1-3,5-6,15,17-18H,4,7-14H2;1H. The zero-order valence-corrected chi connectivity index (χ0v) is 13.1. The lowest BCUT2D eigenvalue weighted by Crippen LogP contribution is -2.31. The van der Waals surface area contributed by atoms with Crippen LogP contribution in [0, 0.1) is 5.92 Å². The first kappa shape index (κ1) is 15.8. The van der Waals surface area contributed by atoms with Crippen molar-refractivity contribution in [2.75, 3.05) is 26.2 Å². The Kier molecular flexibility index (Phi) is 6.34. The minimum atomic E-state index is 0. The van der Waals surface area contributed by atoms with Gasteiger partial charge < -0.3 is 5.32 Å². The van der Waals surface area contributed by atoms with E-state index < -0.39 is 0 Å². The Morgan fingerprint density at radius 2 is 1.80 bits per heavy atom. The predicted octanol–water partition coefficient (Wildman–Crippen LogP) is 3.64. The topological polar surface area (TPSA) is 15.3 Å². The Balaban J connectivity index is 0.00000147. The molecule has 112 valence electrons. The van der Waals surface area contributed by atoms with Crippen molar-refractivity contribution in [3.63, 3.8) is 0 Å². The van der Waals surface area contributed by atoms with E-state index in [0.717, 1.165) is 5.92 Å². The number of rotatable bonds is 4. The predicted molar refractivity (Wildman–Crippen MR) is 87.4 cm³/mol. The molecule has 3 rings (SSSR count). The van der Waals surface area contributed by atoms with E-state index in [2.05, 4.69) is 40.5 Å². The number of benzene rings is 1. The molecule has 0 bridgehead atoms. The van der Waals surface area contributed by atoms with Gasteiger partial charge in [0.25, 0.3) is 0 Å². The third-order valence-corrected chi connectivity index (χ3v) is 4.83. The van der Waals surface area contributed by atoms with Crippen LogP contribution in [0.2, 0.25) is 0 Å². The molecule has 0 aromatic heterocycles. The number of likely N-dealkylation sites (tertiary alicyclic amines) is 1. The van der Waals surface area contributed by atoms with Gasteiger partial charge in [-0.15, -0.1) is 12.4 Å². The summed E-state index contributed by atoms with van der Waals surface area (Å²) in [5.41, 5.74) is 1.52. The van der Waals surface area contributed by atoms with Crippen molar-refractivity contribution in [3.8, 4) is 0 Å². The molecule has 1 N–H and O–H groups in total. The van der Waals surface area contributed by atoms with Gasteiger partial charge in [-0.25, -0.2) is 0 Å². The van der Waals surface area contributed by atoms with Crippen LogP contribution in [0.25, 0.3) is 0 Å². The SMILES string of the molecule is Cl.c1ccc(C2CCCN2CCC2CCNCC2)cc1. The van der Waals surface area contributed by atoms with Crippen LogP contribution in [-0.4, -0.2) is 31.1 Å². The lowest BCUT2D eigenvalue weighted by molar-refractivity contribution is 0.222. The molecular weight excluding hydrogens is 268 g/mol. The Hall–Kier alpha value is -0.570. The molecule has 0 spiro atoms. The smallest absolute Gasteiger partial charge is 0.0348 e. The summed E-state index contributed by atoms with van der Waals surface area (Å²) in [5, 5.41) is 3.46. The molecule has 2 aliphatic rings. The van der Waals surface area contributed by atoms with Gasteiger partial charge in [-0.05, 0) is 69.8 Å². The monoisotopic (exact) mass is 294 g/mol. The van der Waals surface area contributed by atoms with Gasteiger partial charge in [0.2, 0.25) is 0 Å². The summed E-state index contributed by atoms with van der Waals surface area (Å²) in [5.74, 6) is 0.957. The Bertz CT molecular complexity index is 376. The van der Waals surface area contributed by atoms with E-state index in [-0.39, 0.29) is 12.4 Å². The molecule has 20 heavy (non-hydrogen) atoms. The number of piperidine rings is 1. The molecule has 1 atom stereocenters. The quantitative estimate of drug-likeness (QED) is 0.912. The zero-order chi connectivity index (χ0) is 12.9. The first-order valence-corrected chi connectivity index (χ1v) is 7.93. The minimum absolute atomic E-state index is 0. The highest BCUT2D eigenvalue weighted by Crippen LogP contribution is 2.32. The first-order valence-electron chi connectivity index (χ1n) is 7.93. The highest BCUT2D eigenvalue weighted by Gasteiger charge is 2.26. The fraction of sp³-hybridized carbons (Fsp3) is 0.647. The molecule has 2 aliphatic heterocycles. The van der Waals surface area contributed by atoms with Gasteiger partial charge in [-0.3, -0.25) is 4.90 Å². The van der Waals surface area contributed by atoms with Gasteiger partial charge in [0.1, 0.15) is 0 Å². The lowest BCUT2D eigenvalue weighted by Gasteiger charge is -2.28. The number of nitrogens with one attached hydrogen (secondary N) is 1. The van der Waals surface area contributed by atoms with Gasteiger partial charge in [0, 0.05) is 6.04 Å². The van der Waals surface area contributed by atoms with E-state index in [1.807, 2.05) is 0 Å². The molecular formula is C17H27ClN2. The molecule has 0 radical (unpaired) electrons. The molecule has 2 saturated heterocycles.